The van der Waals surface area contributed by atoms with Crippen LogP contribution in [0.4, 0.5) is 0 Å². The first kappa shape index (κ1) is 12.0. The fourth-order valence-electron chi connectivity index (χ4n) is 1.89. The highest BCUT2D eigenvalue weighted by atomic mass is 32.2. The van der Waals surface area contributed by atoms with Crippen molar-refractivity contribution < 1.29 is 28.2 Å². The molecule has 0 aliphatic carbocycles. The van der Waals surface area contributed by atoms with Crippen molar-refractivity contribution in [2.45, 2.75) is 12.8 Å². The number of hydrogen-bond acceptors (Lipinski definition) is 4. The molecule has 0 bridgehead atoms. The molecule has 6 nitrogen and oxygen atoms in total. The van der Waals surface area contributed by atoms with Crippen LogP contribution in [-0.4, -0.2) is 42.1 Å². The molecule has 0 spiro atoms. The molecule has 1 heterocycles. The van der Waals surface area contributed by atoms with Crippen molar-refractivity contribution in [3.63, 3.8) is 0 Å². The standard InChI is InChI=1S/C8H12O6S/c9-7(10)1-5-3-15(13,14)4-6(5)2-8(11)12/h5-6H,1-4H2,(H,9,10)(H,11,12)/t5-,6-/m1/s1. The first-order valence-corrected chi connectivity index (χ1v) is 6.26. The van der Waals surface area contributed by atoms with Gasteiger partial charge in [0, 0.05) is 12.8 Å². The molecule has 2 atom stereocenters. The lowest BCUT2D eigenvalue weighted by atomic mass is 9.90. The summed E-state index contributed by atoms with van der Waals surface area (Å²) in [5, 5.41) is 17.1. The van der Waals surface area contributed by atoms with E-state index in [2.05, 4.69) is 0 Å². The van der Waals surface area contributed by atoms with E-state index >= 15 is 0 Å². The second kappa shape index (κ2) is 4.18. The molecule has 0 radical (unpaired) electrons. The lowest BCUT2D eigenvalue weighted by molar-refractivity contribution is -0.141. The fourth-order valence-corrected chi connectivity index (χ4v) is 4.11. The van der Waals surface area contributed by atoms with Crippen LogP contribution < -0.4 is 0 Å². The number of carbonyl (C=O) groups is 2. The molecule has 1 fully saturated rings. The molecule has 0 saturated carbocycles. The lowest BCUT2D eigenvalue weighted by Crippen LogP contribution is -2.19. The van der Waals surface area contributed by atoms with Crippen LogP contribution in [0.5, 0.6) is 0 Å². The Bertz CT molecular complexity index is 341. The highest BCUT2D eigenvalue weighted by Gasteiger charge is 2.39. The van der Waals surface area contributed by atoms with Gasteiger partial charge in [-0.2, -0.15) is 0 Å². The molecule has 1 saturated heterocycles. The predicted molar refractivity (Wildman–Crippen MR) is 50.1 cm³/mol. The molecular formula is C8H12O6S. The Labute approximate surface area is 86.8 Å². The summed E-state index contributed by atoms with van der Waals surface area (Å²) >= 11 is 0. The first-order valence-electron chi connectivity index (χ1n) is 4.44. The molecule has 0 amide bonds. The molecule has 1 aliphatic rings. The highest BCUT2D eigenvalue weighted by Crippen LogP contribution is 2.30. The monoisotopic (exact) mass is 236 g/mol. The number of carboxylic acid groups (broad SMARTS) is 2. The van der Waals surface area contributed by atoms with E-state index in [0.717, 1.165) is 0 Å². The van der Waals surface area contributed by atoms with Crippen LogP contribution in [0.15, 0.2) is 0 Å². The lowest BCUT2D eigenvalue weighted by Gasteiger charge is -2.12. The van der Waals surface area contributed by atoms with Crippen molar-refractivity contribution in [3.8, 4) is 0 Å². The SMILES string of the molecule is O=C(O)C[C@@H]1CS(=O)(=O)C[C@H]1CC(=O)O. The number of aliphatic carboxylic acids is 2. The number of hydrogen-bond donors (Lipinski definition) is 2. The molecule has 0 aromatic carbocycles. The van der Waals surface area contributed by atoms with Crippen LogP contribution >= 0.6 is 0 Å². The molecule has 0 aromatic rings. The summed E-state index contributed by atoms with van der Waals surface area (Å²) in [5.41, 5.74) is 0. The molecule has 86 valence electrons. The smallest absolute Gasteiger partial charge is 0.303 e. The summed E-state index contributed by atoms with van der Waals surface area (Å²) in [5.74, 6) is -3.73. The topological polar surface area (TPSA) is 109 Å². The van der Waals surface area contributed by atoms with Gasteiger partial charge in [-0.1, -0.05) is 0 Å². The van der Waals surface area contributed by atoms with Crippen molar-refractivity contribution in [1.29, 1.82) is 0 Å². The van der Waals surface area contributed by atoms with Gasteiger partial charge in [-0.15, -0.1) is 0 Å². The second-order valence-electron chi connectivity index (χ2n) is 3.79. The molecule has 1 aliphatic heterocycles. The summed E-state index contributed by atoms with van der Waals surface area (Å²) < 4.78 is 22.5. The molecule has 7 heteroatoms. The van der Waals surface area contributed by atoms with Crippen LogP contribution in [0.3, 0.4) is 0 Å². The zero-order valence-electron chi connectivity index (χ0n) is 7.92. The van der Waals surface area contributed by atoms with Gasteiger partial charge >= 0.3 is 11.9 Å². The molecule has 0 unspecified atom stereocenters. The minimum atomic E-state index is -3.26. The van der Waals surface area contributed by atoms with Crippen molar-refractivity contribution in [2.75, 3.05) is 11.5 Å². The van der Waals surface area contributed by atoms with E-state index in [1.54, 1.807) is 0 Å². The Balaban J connectivity index is 2.74. The van der Waals surface area contributed by atoms with Gasteiger partial charge in [0.05, 0.1) is 11.5 Å². The molecule has 2 N–H and O–H groups in total. The summed E-state index contributed by atoms with van der Waals surface area (Å²) in [7, 11) is -3.26. The first-order chi connectivity index (χ1) is 6.80. The van der Waals surface area contributed by atoms with Crippen molar-refractivity contribution in [2.24, 2.45) is 11.8 Å². The predicted octanol–water partition coefficient (Wildman–Crippen LogP) is -0.403. The second-order valence-corrected chi connectivity index (χ2v) is 5.95. The third kappa shape index (κ3) is 3.50. The third-order valence-electron chi connectivity index (χ3n) is 2.48. The Morgan fingerprint density at radius 2 is 1.33 bits per heavy atom. The largest absolute Gasteiger partial charge is 0.481 e. The van der Waals surface area contributed by atoms with Crippen molar-refractivity contribution in [1.82, 2.24) is 0 Å². The highest BCUT2D eigenvalue weighted by molar-refractivity contribution is 7.91. The molecule has 15 heavy (non-hydrogen) atoms. The molecular weight excluding hydrogens is 224 g/mol. The normalized spacial score (nSPS) is 28.8. The fraction of sp³-hybridized carbons (Fsp3) is 0.750. The number of rotatable bonds is 4. The average molecular weight is 236 g/mol. The van der Waals surface area contributed by atoms with Gasteiger partial charge < -0.3 is 10.2 Å². The number of sulfone groups is 1. The van der Waals surface area contributed by atoms with Gasteiger partial charge in [-0.25, -0.2) is 8.42 Å². The quantitative estimate of drug-likeness (QED) is 0.687. The van der Waals surface area contributed by atoms with Gasteiger partial charge in [-0.05, 0) is 11.8 Å². The van der Waals surface area contributed by atoms with Gasteiger partial charge in [0.15, 0.2) is 9.84 Å². The summed E-state index contributed by atoms with van der Waals surface area (Å²) in [6.07, 6.45) is -0.561. The Hall–Kier alpha value is -1.11. The van der Waals surface area contributed by atoms with Crippen LogP contribution in [0, 0.1) is 11.8 Å². The zero-order chi connectivity index (χ0) is 11.6. The van der Waals surface area contributed by atoms with E-state index in [0.29, 0.717) is 0 Å². The van der Waals surface area contributed by atoms with E-state index in [9.17, 15) is 18.0 Å². The van der Waals surface area contributed by atoms with Gasteiger partial charge in [0.1, 0.15) is 0 Å². The Kier molecular flexibility index (Phi) is 3.33. The minimum absolute atomic E-state index is 0.211. The van der Waals surface area contributed by atoms with Crippen LogP contribution in [0.2, 0.25) is 0 Å². The maximum atomic E-state index is 11.2. The molecule has 1 rings (SSSR count). The van der Waals surface area contributed by atoms with Gasteiger partial charge in [0.25, 0.3) is 0 Å². The number of carboxylic acids is 2. The van der Waals surface area contributed by atoms with Crippen LogP contribution in [0.1, 0.15) is 12.8 Å². The van der Waals surface area contributed by atoms with E-state index in [-0.39, 0.29) is 24.3 Å². The zero-order valence-corrected chi connectivity index (χ0v) is 8.74. The summed E-state index contributed by atoms with van der Waals surface area (Å²) in [6, 6.07) is 0. The minimum Gasteiger partial charge on any atom is -0.481 e. The molecule has 0 aromatic heterocycles. The van der Waals surface area contributed by atoms with Crippen LogP contribution in [-0.2, 0) is 19.4 Å². The van der Waals surface area contributed by atoms with E-state index < -0.39 is 33.6 Å². The van der Waals surface area contributed by atoms with E-state index in [1.165, 1.54) is 0 Å². The maximum absolute atomic E-state index is 11.2. The van der Waals surface area contributed by atoms with Gasteiger partial charge in [0.2, 0.25) is 0 Å². The van der Waals surface area contributed by atoms with Crippen molar-refractivity contribution >= 4 is 21.8 Å². The Morgan fingerprint density at radius 3 is 1.60 bits per heavy atom. The van der Waals surface area contributed by atoms with Gasteiger partial charge in [-0.3, -0.25) is 9.59 Å². The Morgan fingerprint density at radius 1 is 1.00 bits per heavy atom. The maximum Gasteiger partial charge on any atom is 0.303 e. The van der Waals surface area contributed by atoms with E-state index in [4.69, 9.17) is 10.2 Å². The van der Waals surface area contributed by atoms with Crippen molar-refractivity contribution in [3.05, 3.63) is 0 Å². The third-order valence-corrected chi connectivity index (χ3v) is 4.35. The van der Waals surface area contributed by atoms with Crippen LogP contribution in [0.25, 0.3) is 0 Å². The average Bonchev–Trinajstić information content (AvgIpc) is 2.22. The summed E-state index contributed by atoms with van der Waals surface area (Å²) in [6.45, 7) is 0. The van der Waals surface area contributed by atoms with E-state index in [1.807, 2.05) is 0 Å². The summed E-state index contributed by atoms with van der Waals surface area (Å²) in [4.78, 5) is 20.9.